The number of nitrogens with zero attached hydrogens (tertiary/aromatic N) is 4. The maximum absolute atomic E-state index is 14.4. The molecular formula is C32H42N4O6. The van der Waals surface area contributed by atoms with Crippen LogP contribution in [0.1, 0.15) is 25.3 Å². The van der Waals surface area contributed by atoms with Gasteiger partial charge < -0.3 is 29.3 Å². The van der Waals surface area contributed by atoms with Crippen LogP contribution in [-0.2, 0) is 30.4 Å². The number of hydrogen-bond donors (Lipinski definition) is 1. The Morgan fingerprint density at radius 1 is 0.857 bits per heavy atom. The number of ether oxygens (including phenoxy) is 2. The number of likely N-dealkylation sites (tertiary alicyclic amines) is 1. The topological polar surface area (TPSA) is 103 Å². The fourth-order valence-corrected chi connectivity index (χ4v) is 7.49. The molecular weight excluding hydrogens is 536 g/mol. The summed E-state index contributed by atoms with van der Waals surface area (Å²) in [5, 5.41) is 9.45. The van der Waals surface area contributed by atoms with Crippen LogP contribution < -0.4 is 0 Å². The Morgan fingerprint density at radius 2 is 1.60 bits per heavy atom. The predicted octanol–water partition coefficient (Wildman–Crippen LogP) is 1.06. The average molecular weight is 579 g/mol. The average Bonchev–Trinajstić information content (AvgIpc) is 3.26. The highest BCUT2D eigenvalue weighted by atomic mass is 16.5. The quantitative estimate of drug-likeness (QED) is 0.345. The van der Waals surface area contributed by atoms with E-state index in [2.05, 4.69) is 4.90 Å². The smallest absolute Gasteiger partial charge is 0.249 e. The molecule has 0 saturated carbocycles. The maximum Gasteiger partial charge on any atom is 0.249 e. The first-order valence-corrected chi connectivity index (χ1v) is 15.3. The van der Waals surface area contributed by atoms with Crippen molar-refractivity contribution in [1.29, 1.82) is 0 Å². The molecule has 1 spiro atoms. The highest BCUT2D eigenvalue weighted by molar-refractivity contribution is 6.00. The minimum Gasteiger partial charge on any atom is -0.396 e. The lowest BCUT2D eigenvalue weighted by Gasteiger charge is -2.38. The zero-order chi connectivity index (χ0) is 29.3. The first-order chi connectivity index (χ1) is 20.4. The predicted molar refractivity (Wildman–Crippen MR) is 155 cm³/mol. The van der Waals surface area contributed by atoms with Crippen molar-refractivity contribution < 1.29 is 29.0 Å². The Kier molecular flexibility index (Phi) is 8.24. The molecule has 1 N–H and O–H groups in total. The summed E-state index contributed by atoms with van der Waals surface area (Å²) in [4.78, 5) is 50.7. The molecule has 0 radical (unpaired) electrons. The summed E-state index contributed by atoms with van der Waals surface area (Å²) in [6.45, 7) is 7.77. The number of amides is 3. The Balaban J connectivity index is 1.33. The number of aliphatic hydroxyl groups excluding tert-OH is 1. The minimum atomic E-state index is -1.25. The maximum atomic E-state index is 14.4. The monoisotopic (exact) mass is 578 g/mol. The molecule has 0 aromatic heterocycles. The summed E-state index contributed by atoms with van der Waals surface area (Å²) in [6, 6.07) is 8.96. The highest BCUT2D eigenvalue weighted by Gasteiger charge is 2.74. The fraction of sp³-hybridized carbons (Fsp3) is 0.594. The molecule has 5 aliphatic heterocycles. The van der Waals surface area contributed by atoms with E-state index >= 15 is 0 Å². The summed E-state index contributed by atoms with van der Waals surface area (Å²) >= 11 is 0. The van der Waals surface area contributed by atoms with Gasteiger partial charge in [-0.05, 0) is 25.3 Å². The molecule has 3 amide bonds. The molecule has 3 saturated heterocycles. The molecule has 1 aromatic rings. The molecule has 5 heterocycles. The highest BCUT2D eigenvalue weighted by Crippen LogP contribution is 2.57. The number of benzene rings is 1. The Hall–Kier alpha value is -3.05. The van der Waals surface area contributed by atoms with Crippen molar-refractivity contribution in [3.05, 3.63) is 60.2 Å². The third kappa shape index (κ3) is 5.08. The van der Waals surface area contributed by atoms with Gasteiger partial charge in [0.1, 0.15) is 11.6 Å². The van der Waals surface area contributed by atoms with Gasteiger partial charge in [0.2, 0.25) is 17.7 Å². The van der Waals surface area contributed by atoms with Crippen molar-refractivity contribution in [2.45, 2.75) is 43.6 Å². The van der Waals surface area contributed by atoms with E-state index in [1.54, 1.807) is 9.80 Å². The Labute approximate surface area is 247 Å². The number of aliphatic hydroxyl groups is 1. The molecule has 1 unspecified atom stereocenters. The third-order valence-corrected chi connectivity index (χ3v) is 9.54. The molecule has 10 heteroatoms. The molecule has 5 atom stereocenters. The molecule has 1 aromatic carbocycles. The van der Waals surface area contributed by atoms with Crippen molar-refractivity contribution in [3.8, 4) is 0 Å². The summed E-state index contributed by atoms with van der Waals surface area (Å²) in [5.41, 5.74) is -1.28. The first-order valence-electron chi connectivity index (χ1n) is 15.3. The van der Waals surface area contributed by atoms with E-state index in [1.807, 2.05) is 66.5 Å². The van der Waals surface area contributed by atoms with Gasteiger partial charge in [0.05, 0.1) is 30.7 Å². The van der Waals surface area contributed by atoms with Crippen molar-refractivity contribution in [1.82, 2.24) is 19.6 Å². The second-order valence-electron chi connectivity index (χ2n) is 12.2. The van der Waals surface area contributed by atoms with Crippen LogP contribution in [0.5, 0.6) is 0 Å². The fourth-order valence-electron chi connectivity index (χ4n) is 7.49. The van der Waals surface area contributed by atoms with Crippen molar-refractivity contribution >= 4 is 17.7 Å². The van der Waals surface area contributed by atoms with Crippen LogP contribution >= 0.6 is 0 Å². The number of fused-ring (bicyclic) bond motifs is 2. The van der Waals surface area contributed by atoms with E-state index in [0.717, 1.165) is 25.2 Å². The SMILES string of the molecule is C[C@]12C=CCN(Cc3ccccc3)C(=O)[C@H]1[C@H]1C(=O)N(CCCCO)C3C(=O)N(CCN4CCOCC4)CC=C[C@@]31O2. The van der Waals surface area contributed by atoms with Crippen LogP contribution in [0.25, 0.3) is 0 Å². The normalized spacial score (nSPS) is 33.0. The third-order valence-electron chi connectivity index (χ3n) is 9.54. The minimum absolute atomic E-state index is 0.00964. The molecule has 42 heavy (non-hydrogen) atoms. The number of morpholine rings is 1. The van der Waals surface area contributed by atoms with Crippen LogP contribution in [-0.4, -0.2) is 125 Å². The largest absolute Gasteiger partial charge is 0.396 e. The zero-order valence-electron chi connectivity index (χ0n) is 24.4. The summed E-state index contributed by atoms with van der Waals surface area (Å²) in [7, 11) is 0. The molecule has 226 valence electrons. The lowest BCUT2D eigenvalue weighted by atomic mass is 9.74. The van der Waals surface area contributed by atoms with E-state index < -0.39 is 29.1 Å². The Bertz CT molecular complexity index is 1230. The van der Waals surface area contributed by atoms with E-state index in [0.29, 0.717) is 58.8 Å². The van der Waals surface area contributed by atoms with Gasteiger partial charge in [-0.1, -0.05) is 54.6 Å². The van der Waals surface area contributed by atoms with E-state index in [4.69, 9.17) is 9.47 Å². The van der Waals surface area contributed by atoms with E-state index in [-0.39, 0.29) is 24.3 Å². The summed E-state index contributed by atoms with van der Waals surface area (Å²) in [5.74, 6) is -2.09. The van der Waals surface area contributed by atoms with E-state index in [1.165, 1.54) is 0 Å². The molecule has 6 rings (SSSR count). The van der Waals surface area contributed by atoms with Crippen LogP contribution in [0.3, 0.4) is 0 Å². The van der Waals surface area contributed by atoms with Gasteiger partial charge in [0, 0.05) is 59.0 Å². The van der Waals surface area contributed by atoms with Crippen LogP contribution in [0.15, 0.2) is 54.6 Å². The molecule has 3 fully saturated rings. The van der Waals surface area contributed by atoms with Crippen LogP contribution in [0.2, 0.25) is 0 Å². The molecule has 5 aliphatic rings. The first kappa shape index (κ1) is 29.0. The number of unbranched alkanes of at least 4 members (excludes halogenated alkanes) is 1. The van der Waals surface area contributed by atoms with Crippen molar-refractivity contribution in [3.63, 3.8) is 0 Å². The number of carbonyl (C=O) groups excluding carboxylic acids is 3. The van der Waals surface area contributed by atoms with Gasteiger partial charge in [-0.15, -0.1) is 0 Å². The van der Waals surface area contributed by atoms with Crippen molar-refractivity contribution in [2.75, 3.05) is 65.6 Å². The summed E-state index contributed by atoms with van der Waals surface area (Å²) < 4.78 is 12.4. The van der Waals surface area contributed by atoms with Gasteiger partial charge in [-0.3, -0.25) is 19.3 Å². The number of carbonyl (C=O) groups is 3. The standard InChI is InChI=1S/C32H42N4O6/c1-31-11-7-14-35(23-24-9-3-2-4-10-24)28(38)25(31)26-29(39)36(15-5-6-20-37)27-30(40)34(13-8-12-32(26,27)42-31)17-16-33-18-21-41-22-19-33/h2-4,7-12,25-27,37H,5-6,13-23H2,1H3/t25-,26+,27?,31+,32+/m1/s1. The van der Waals surface area contributed by atoms with Gasteiger partial charge in [0.25, 0.3) is 0 Å². The second kappa shape index (κ2) is 11.9. The second-order valence-corrected chi connectivity index (χ2v) is 12.2. The van der Waals surface area contributed by atoms with Crippen molar-refractivity contribution in [2.24, 2.45) is 11.8 Å². The Morgan fingerprint density at radius 3 is 2.36 bits per heavy atom. The summed E-state index contributed by atoms with van der Waals surface area (Å²) in [6.07, 6.45) is 8.80. The van der Waals surface area contributed by atoms with Crippen LogP contribution in [0, 0.1) is 11.8 Å². The lowest BCUT2D eigenvalue weighted by Crippen LogP contribution is -2.56. The number of rotatable bonds is 9. The van der Waals surface area contributed by atoms with E-state index in [9.17, 15) is 19.5 Å². The van der Waals surface area contributed by atoms with Gasteiger partial charge in [0.15, 0.2) is 0 Å². The van der Waals surface area contributed by atoms with Crippen LogP contribution in [0.4, 0.5) is 0 Å². The van der Waals surface area contributed by atoms with Gasteiger partial charge in [-0.2, -0.15) is 0 Å². The zero-order valence-corrected chi connectivity index (χ0v) is 24.4. The lowest BCUT2D eigenvalue weighted by molar-refractivity contribution is -0.153. The van der Waals surface area contributed by atoms with Gasteiger partial charge in [-0.25, -0.2) is 0 Å². The number of hydrogen-bond acceptors (Lipinski definition) is 7. The molecule has 0 bridgehead atoms. The molecule has 10 nitrogen and oxygen atoms in total. The molecule has 0 aliphatic carbocycles. The van der Waals surface area contributed by atoms with Gasteiger partial charge >= 0.3 is 0 Å².